The number of nitrogens with one attached hydrogen (secondary N) is 1. The van der Waals surface area contributed by atoms with Crippen LogP contribution in [0.1, 0.15) is 16.2 Å². The molecule has 0 unspecified atom stereocenters. The van der Waals surface area contributed by atoms with Crippen molar-refractivity contribution in [2.75, 3.05) is 5.32 Å². The zero-order chi connectivity index (χ0) is 12.4. The number of pyridine rings is 1. The topological polar surface area (TPSA) is 80.9 Å². The van der Waals surface area contributed by atoms with E-state index in [1.54, 1.807) is 6.92 Å². The lowest BCUT2D eigenvalue weighted by Crippen LogP contribution is -2.13. The van der Waals surface area contributed by atoms with Crippen LogP contribution < -0.4 is 5.32 Å². The molecule has 0 spiro atoms. The molecule has 6 nitrogen and oxygen atoms in total. The summed E-state index contributed by atoms with van der Waals surface area (Å²) < 4.78 is 4.74. The fraction of sp³-hybridized carbons (Fsp3) is 0.111. The Morgan fingerprint density at radius 2 is 2.24 bits per heavy atom. The van der Waals surface area contributed by atoms with Crippen LogP contribution in [-0.4, -0.2) is 21.0 Å². The van der Waals surface area contributed by atoms with Crippen molar-refractivity contribution < 1.29 is 9.32 Å². The minimum Gasteiger partial charge on any atom is -0.315 e. The molecule has 88 valence electrons. The van der Waals surface area contributed by atoms with E-state index in [9.17, 15) is 4.79 Å². The molecule has 0 saturated heterocycles. The number of anilines is 1. The SMILES string of the molecule is Cc1noc(NC(=O)c2cc(Cl)ncc2Cl)n1. The Morgan fingerprint density at radius 3 is 2.88 bits per heavy atom. The van der Waals surface area contributed by atoms with Crippen LogP contribution in [0.2, 0.25) is 10.2 Å². The van der Waals surface area contributed by atoms with Crippen molar-refractivity contribution in [1.29, 1.82) is 0 Å². The van der Waals surface area contributed by atoms with Gasteiger partial charge in [0.1, 0.15) is 5.15 Å². The molecule has 0 radical (unpaired) electrons. The molecule has 1 amide bonds. The summed E-state index contributed by atoms with van der Waals surface area (Å²) in [6.07, 6.45) is 1.29. The molecule has 0 aliphatic heterocycles. The molecule has 2 aromatic heterocycles. The quantitative estimate of drug-likeness (QED) is 0.849. The maximum atomic E-state index is 11.8. The molecule has 2 heterocycles. The number of carbonyl (C=O) groups excluding carboxylic acids is 1. The van der Waals surface area contributed by atoms with Gasteiger partial charge in [-0.05, 0) is 13.0 Å². The zero-order valence-corrected chi connectivity index (χ0v) is 10.1. The molecule has 0 aromatic carbocycles. The van der Waals surface area contributed by atoms with Gasteiger partial charge in [0.25, 0.3) is 5.91 Å². The second-order valence-corrected chi connectivity index (χ2v) is 3.88. The number of rotatable bonds is 2. The molecular weight excluding hydrogens is 267 g/mol. The van der Waals surface area contributed by atoms with Crippen LogP contribution in [0.5, 0.6) is 0 Å². The van der Waals surface area contributed by atoms with Crippen LogP contribution in [0.25, 0.3) is 0 Å². The van der Waals surface area contributed by atoms with Gasteiger partial charge in [-0.2, -0.15) is 4.98 Å². The van der Waals surface area contributed by atoms with Crippen LogP contribution in [0.3, 0.4) is 0 Å². The smallest absolute Gasteiger partial charge is 0.315 e. The normalized spacial score (nSPS) is 10.3. The molecular formula is C9H6Cl2N4O2. The van der Waals surface area contributed by atoms with Crippen molar-refractivity contribution in [2.45, 2.75) is 6.92 Å². The van der Waals surface area contributed by atoms with E-state index in [1.807, 2.05) is 0 Å². The second-order valence-electron chi connectivity index (χ2n) is 3.09. The van der Waals surface area contributed by atoms with E-state index in [0.29, 0.717) is 5.82 Å². The molecule has 0 aliphatic carbocycles. The first-order valence-corrected chi connectivity index (χ1v) is 5.24. The van der Waals surface area contributed by atoms with Crippen molar-refractivity contribution in [1.82, 2.24) is 15.1 Å². The van der Waals surface area contributed by atoms with E-state index >= 15 is 0 Å². The summed E-state index contributed by atoms with van der Waals surface area (Å²) in [5, 5.41) is 6.28. The molecule has 0 aliphatic rings. The van der Waals surface area contributed by atoms with Crippen LogP contribution in [-0.2, 0) is 0 Å². The highest BCUT2D eigenvalue weighted by Gasteiger charge is 2.14. The number of hydrogen-bond acceptors (Lipinski definition) is 5. The average molecular weight is 273 g/mol. The Labute approximate surface area is 106 Å². The summed E-state index contributed by atoms with van der Waals surface area (Å²) in [5.41, 5.74) is 0.183. The van der Waals surface area contributed by atoms with Crippen molar-refractivity contribution in [2.24, 2.45) is 0 Å². The van der Waals surface area contributed by atoms with Crippen LogP contribution in [0.4, 0.5) is 6.01 Å². The first-order chi connectivity index (χ1) is 8.06. The van der Waals surface area contributed by atoms with E-state index in [4.69, 9.17) is 27.7 Å². The van der Waals surface area contributed by atoms with E-state index in [-0.39, 0.29) is 21.8 Å². The zero-order valence-electron chi connectivity index (χ0n) is 8.57. The fourth-order valence-corrected chi connectivity index (χ4v) is 1.45. The van der Waals surface area contributed by atoms with Crippen molar-refractivity contribution >= 4 is 35.1 Å². The molecule has 0 fully saturated rings. The molecule has 17 heavy (non-hydrogen) atoms. The first kappa shape index (κ1) is 11.8. The third kappa shape index (κ3) is 2.72. The van der Waals surface area contributed by atoms with E-state index in [0.717, 1.165) is 0 Å². The standard InChI is InChI=1S/C9H6Cl2N4O2/c1-4-13-9(17-15-4)14-8(16)5-2-7(11)12-3-6(5)10/h2-3H,1H3,(H,13,14,15,16). The van der Waals surface area contributed by atoms with Gasteiger partial charge in [-0.25, -0.2) is 4.98 Å². The predicted molar refractivity (Wildman–Crippen MR) is 61.2 cm³/mol. The maximum absolute atomic E-state index is 11.8. The number of amides is 1. The van der Waals surface area contributed by atoms with Crippen LogP contribution in [0, 0.1) is 6.92 Å². The minimum absolute atomic E-state index is 0.00324. The Hall–Kier alpha value is -1.66. The third-order valence-electron chi connectivity index (χ3n) is 1.81. The van der Waals surface area contributed by atoms with Crippen molar-refractivity contribution in [3.63, 3.8) is 0 Å². The van der Waals surface area contributed by atoms with Gasteiger partial charge < -0.3 is 4.52 Å². The van der Waals surface area contributed by atoms with Gasteiger partial charge >= 0.3 is 6.01 Å². The molecule has 2 aromatic rings. The number of nitrogens with zero attached hydrogens (tertiary/aromatic N) is 3. The number of carbonyl (C=O) groups is 1. The van der Waals surface area contributed by atoms with Gasteiger partial charge in [-0.1, -0.05) is 28.4 Å². The third-order valence-corrected chi connectivity index (χ3v) is 2.32. The Morgan fingerprint density at radius 1 is 1.47 bits per heavy atom. The summed E-state index contributed by atoms with van der Waals surface area (Å²) >= 11 is 11.5. The highest BCUT2D eigenvalue weighted by Crippen LogP contribution is 2.19. The average Bonchev–Trinajstić information content (AvgIpc) is 2.67. The first-order valence-electron chi connectivity index (χ1n) is 4.49. The summed E-state index contributed by atoms with van der Waals surface area (Å²) in [6.45, 7) is 1.63. The maximum Gasteiger partial charge on any atom is 0.328 e. The van der Waals surface area contributed by atoms with Gasteiger partial charge in [-0.3, -0.25) is 10.1 Å². The van der Waals surface area contributed by atoms with Crippen LogP contribution in [0.15, 0.2) is 16.8 Å². The molecule has 0 saturated carbocycles. The van der Waals surface area contributed by atoms with Gasteiger partial charge in [0.2, 0.25) is 0 Å². The Bertz CT molecular complexity index is 570. The summed E-state index contributed by atoms with van der Waals surface area (Å²) in [6, 6.07) is 1.35. The number of halogens is 2. The fourth-order valence-electron chi connectivity index (χ4n) is 1.10. The van der Waals surface area contributed by atoms with Crippen LogP contribution >= 0.6 is 23.2 Å². The second kappa shape index (κ2) is 4.68. The predicted octanol–water partition coefficient (Wildman–Crippen LogP) is 2.33. The van der Waals surface area contributed by atoms with Crippen molar-refractivity contribution in [3.8, 4) is 0 Å². The van der Waals surface area contributed by atoms with Gasteiger partial charge in [0, 0.05) is 6.20 Å². The largest absolute Gasteiger partial charge is 0.328 e. The molecule has 0 bridgehead atoms. The lowest BCUT2D eigenvalue weighted by Gasteiger charge is -2.02. The molecule has 8 heteroatoms. The number of aryl methyl sites for hydroxylation is 1. The molecule has 0 atom stereocenters. The highest BCUT2D eigenvalue weighted by atomic mass is 35.5. The van der Waals surface area contributed by atoms with E-state index < -0.39 is 5.91 Å². The van der Waals surface area contributed by atoms with Gasteiger partial charge in [-0.15, -0.1) is 0 Å². The number of aromatic nitrogens is 3. The van der Waals surface area contributed by atoms with E-state index in [1.165, 1.54) is 12.3 Å². The lowest BCUT2D eigenvalue weighted by molar-refractivity contribution is 0.102. The van der Waals surface area contributed by atoms with Gasteiger partial charge in [0.15, 0.2) is 5.82 Å². The Balaban J connectivity index is 2.22. The minimum atomic E-state index is -0.497. The summed E-state index contributed by atoms with van der Waals surface area (Å²) in [4.78, 5) is 19.3. The molecule has 2 rings (SSSR count). The Kier molecular flexibility index (Phi) is 3.26. The summed E-state index contributed by atoms with van der Waals surface area (Å²) in [7, 11) is 0. The van der Waals surface area contributed by atoms with Crippen molar-refractivity contribution in [3.05, 3.63) is 33.8 Å². The van der Waals surface area contributed by atoms with Gasteiger partial charge in [0.05, 0.1) is 10.6 Å². The number of hydrogen-bond donors (Lipinski definition) is 1. The highest BCUT2D eigenvalue weighted by molar-refractivity contribution is 6.35. The molecule has 1 N–H and O–H groups in total. The lowest BCUT2D eigenvalue weighted by atomic mass is 10.2. The summed E-state index contributed by atoms with van der Waals surface area (Å²) in [5.74, 6) is -0.0814. The van der Waals surface area contributed by atoms with E-state index in [2.05, 4.69) is 20.4 Å². The monoisotopic (exact) mass is 272 g/mol.